The largest absolute Gasteiger partial charge is 0.503 e. The molecule has 0 atom stereocenters. The molecule has 132 valence electrons. The van der Waals surface area contributed by atoms with Crippen LogP contribution in [0, 0.1) is 0 Å². The molecule has 0 bridgehead atoms. The Morgan fingerprint density at radius 1 is 1.24 bits per heavy atom. The Morgan fingerprint density at radius 2 is 1.96 bits per heavy atom. The second-order valence-corrected chi connectivity index (χ2v) is 5.66. The number of phenols is 1. The molecule has 0 fully saturated rings. The molecule has 0 heterocycles. The molecule has 2 aromatic carbocycles. The first-order valence-electron chi connectivity index (χ1n) is 7.35. The number of halogens is 2. The third-order valence-corrected chi connectivity index (χ3v) is 3.48. The Labute approximate surface area is 155 Å². The summed E-state index contributed by atoms with van der Waals surface area (Å²) in [6, 6.07) is 9.71. The second kappa shape index (κ2) is 9.15. The van der Waals surface area contributed by atoms with Gasteiger partial charge in [-0.15, -0.1) is 0 Å². The summed E-state index contributed by atoms with van der Waals surface area (Å²) in [4.78, 5) is 11.7. The normalized spacial score (nSPS) is 10.7. The summed E-state index contributed by atoms with van der Waals surface area (Å²) in [6.07, 6.45) is 1.38. The van der Waals surface area contributed by atoms with E-state index in [1.54, 1.807) is 37.3 Å². The van der Waals surface area contributed by atoms with Gasteiger partial charge in [0.1, 0.15) is 5.75 Å². The Morgan fingerprint density at radius 3 is 2.64 bits per heavy atom. The number of aromatic hydroxyl groups is 1. The summed E-state index contributed by atoms with van der Waals surface area (Å²) >= 11 is 11.7. The zero-order valence-electron chi connectivity index (χ0n) is 13.3. The van der Waals surface area contributed by atoms with Crippen LogP contribution in [0.4, 0.5) is 0 Å². The quantitative estimate of drug-likeness (QED) is 0.565. The van der Waals surface area contributed by atoms with Gasteiger partial charge in [0.15, 0.2) is 18.1 Å². The lowest BCUT2D eigenvalue weighted by atomic mass is 10.2. The first-order chi connectivity index (χ1) is 12.0. The number of nitrogens with one attached hydrogen (secondary N) is 1. The lowest BCUT2D eigenvalue weighted by Gasteiger charge is -2.08. The molecule has 0 unspecified atom stereocenters. The van der Waals surface area contributed by atoms with Gasteiger partial charge in [0.25, 0.3) is 5.91 Å². The molecule has 0 radical (unpaired) electrons. The predicted octanol–water partition coefficient (Wildman–Crippen LogP) is 3.63. The number of ether oxygens (including phenoxy) is 2. The molecule has 2 aromatic rings. The monoisotopic (exact) mass is 382 g/mol. The van der Waals surface area contributed by atoms with Crippen LogP contribution in [0.25, 0.3) is 0 Å². The minimum Gasteiger partial charge on any atom is -0.503 e. The molecule has 0 saturated heterocycles. The number of hydrogen-bond donors (Lipinski definition) is 2. The van der Waals surface area contributed by atoms with E-state index in [4.69, 9.17) is 32.7 Å². The van der Waals surface area contributed by atoms with E-state index < -0.39 is 5.91 Å². The highest BCUT2D eigenvalue weighted by Gasteiger charge is 2.08. The predicted molar refractivity (Wildman–Crippen MR) is 97.0 cm³/mol. The van der Waals surface area contributed by atoms with Crippen LogP contribution in [0.2, 0.25) is 10.0 Å². The van der Waals surface area contributed by atoms with Crippen molar-refractivity contribution in [3.05, 3.63) is 52.0 Å². The van der Waals surface area contributed by atoms with Gasteiger partial charge in [-0.2, -0.15) is 5.10 Å². The van der Waals surface area contributed by atoms with Crippen molar-refractivity contribution in [3.8, 4) is 17.2 Å². The van der Waals surface area contributed by atoms with E-state index in [1.807, 2.05) is 0 Å². The Kier molecular flexibility index (Phi) is 6.91. The van der Waals surface area contributed by atoms with Crippen molar-refractivity contribution in [2.75, 3.05) is 13.2 Å². The molecular formula is C17H16Cl2N2O4. The van der Waals surface area contributed by atoms with E-state index in [2.05, 4.69) is 10.5 Å². The van der Waals surface area contributed by atoms with Crippen LogP contribution >= 0.6 is 23.2 Å². The van der Waals surface area contributed by atoms with E-state index in [9.17, 15) is 9.90 Å². The smallest absolute Gasteiger partial charge is 0.277 e. The molecule has 0 aromatic heterocycles. The highest BCUT2D eigenvalue weighted by atomic mass is 35.5. The summed E-state index contributed by atoms with van der Waals surface area (Å²) in [5.41, 5.74) is 2.89. The molecule has 1 amide bonds. The number of carbonyl (C=O) groups is 1. The highest BCUT2D eigenvalue weighted by Crippen LogP contribution is 2.34. The van der Waals surface area contributed by atoms with Crippen molar-refractivity contribution in [1.29, 1.82) is 0 Å². The molecule has 8 heteroatoms. The van der Waals surface area contributed by atoms with E-state index in [0.717, 1.165) is 0 Å². The van der Waals surface area contributed by atoms with E-state index >= 15 is 0 Å². The van der Waals surface area contributed by atoms with Crippen molar-refractivity contribution in [2.45, 2.75) is 6.92 Å². The van der Waals surface area contributed by atoms with E-state index in [0.29, 0.717) is 22.9 Å². The number of nitrogens with zero attached hydrogens (tertiary/aromatic N) is 1. The number of hydrazone groups is 1. The molecule has 6 nitrogen and oxygen atoms in total. The van der Waals surface area contributed by atoms with Gasteiger partial charge in [-0.25, -0.2) is 5.43 Å². The Balaban J connectivity index is 1.89. The number of phenolic OH excluding ortho intramolecular Hbond substituents is 1. The van der Waals surface area contributed by atoms with Crippen molar-refractivity contribution < 1.29 is 19.4 Å². The van der Waals surface area contributed by atoms with Gasteiger partial charge in [-0.3, -0.25) is 4.79 Å². The van der Waals surface area contributed by atoms with E-state index in [1.165, 1.54) is 12.3 Å². The fourth-order valence-corrected chi connectivity index (χ4v) is 2.17. The van der Waals surface area contributed by atoms with Gasteiger partial charge in [0, 0.05) is 5.02 Å². The number of rotatable bonds is 7. The molecule has 2 N–H and O–H groups in total. The molecule has 0 aliphatic carbocycles. The third-order valence-electron chi connectivity index (χ3n) is 2.94. The van der Waals surface area contributed by atoms with Gasteiger partial charge >= 0.3 is 0 Å². The lowest BCUT2D eigenvalue weighted by molar-refractivity contribution is -0.123. The Bertz CT molecular complexity index is 764. The van der Waals surface area contributed by atoms with Crippen LogP contribution < -0.4 is 14.9 Å². The Hall–Kier alpha value is -2.44. The molecule has 2 rings (SSSR count). The third kappa shape index (κ3) is 5.85. The zero-order chi connectivity index (χ0) is 18.2. The lowest BCUT2D eigenvalue weighted by Crippen LogP contribution is -2.24. The molecule has 0 aliphatic rings. The minimum absolute atomic E-state index is 0.129. The maximum Gasteiger partial charge on any atom is 0.277 e. The summed E-state index contributed by atoms with van der Waals surface area (Å²) in [6.45, 7) is 1.97. The van der Waals surface area contributed by atoms with Crippen LogP contribution in [0.15, 0.2) is 41.5 Å². The first-order valence-corrected chi connectivity index (χ1v) is 8.10. The maximum absolute atomic E-state index is 11.7. The molecule has 0 spiro atoms. The zero-order valence-corrected chi connectivity index (χ0v) is 14.8. The SMILES string of the molecule is CCOc1cc(/C=N/NC(=O)COc2ccc(Cl)cc2)cc(Cl)c1O. The van der Waals surface area contributed by atoms with Crippen LogP contribution in [-0.4, -0.2) is 30.4 Å². The van der Waals surface area contributed by atoms with Crippen molar-refractivity contribution >= 4 is 35.3 Å². The average molecular weight is 383 g/mol. The average Bonchev–Trinajstić information content (AvgIpc) is 2.59. The fourth-order valence-electron chi connectivity index (χ4n) is 1.82. The molecular weight excluding hydrogens is 367 g/mol. The summed E-state index contributed by atoms with van der Waals surface area (Å²) in [7, 11) is 0. The van der Waals surface area contributed by atoms with Crippen LogP contribution in [0.5, 0.6) is 17.2 Å². The van der Waals surface area contributed by atoms with Crippen molar-refractivity contribution in [3.63, 3.8) is 0 Å². The molecule has 25 heavy (non-hydrogen) atoms. The minimum atomic E-state index is -0.430. The topological polar surface area (TPSA) is 80.2 Å². The number of carbonyl (C=O) groups excluding carboxylic acids is 1. The fraction of sp³-hybridized carbons (Fsp3) is 0.176. The van der Waals surface area contributed by atoms with Crippen LogP contribution in [0.1, 0.15) is 12.5 Å². The second-order valence-electron chi connectivity index (χ2n) is 4.82. The summed E-state index contributed by atoms with van der Waals surface area (Å²) < 4.78 is 10.6. The summed E-state index contributed by atoms with van der Waals surface area (Å²) in [5.74, 6) is 0.200. The standard InChI is InChI=1S/C17H16Cl2N2O4/c1-2-24-15-8-11(7-14(19)17(15)23)9-20-21-16(22)10-25-13-5-3-12(18)4-6-13/h3-9,23H,2,10H2,1H3,(H,21,22)/b20-9+. The summed E-state index contributed by atoms with van der Waals surface area (Å²) in [5, 5.41) is 14.3. The highest BCUT2D eigenvalue weighted by molar-refractivity contribution is 6.32. The van der Waals surface area contributed by atoms with Gasteiger partial charge < -0.3 is 14.6 Å². The molecule has 0 aliphatic heterocycles. The maximum atomic E-state index is 11.7. The van der Waals surface area contributed by atoms with Crippen molar-refractivity contribution in [1.82, 2.24) is 5.43 Å². The van der Waals surface area contributed by atoms with Crippen LogP contribution in [0.3, 0.4) is 0 Å². The van der Waals surface area contributed by atoms with Crippen molar-refractivity contribution in [2.24, 2.45) is 5.10 Å². The number of hydrogen-bond acceptors (Lipinski definition) is 5. The first kappa shape index (κ1) is 18.9. The van der Waals surface area contributed by atoms with E-state index in [-0.39, 0.29) is 23.1 Å². The van der Waals surface area contributed by atoms with Gasteiger partial charge in [0.2, 0.25) is 0 Å². The van der Waals surface area contributed by atoms with Gasteiger partial charge in [0.05, 0.1) is 17.8 Å². The van der Waals surface area contributed by atoms with Gasteiger partial charge in [-0.05, 0) is 48.9 Å². The van der Waals surface area contributed by atoms with Gasteiger partial charge in [-0.1, -0.05) is 23.2 Å². The number of benzene rings is 2. The molecule has 0 saturated carbocycles. The number of amides is 1. The van der Waals surface area contributed by atoms with Crippen LogP contribution in [-0.2, 0) is 4.79 Å².